The standard InChI is InChI=1S/C19H15FIN3O2/c20-17-9-8-16(18(22)24-17)19(25)23-11-12-4-6-14(7-5-12)26-15-3-1-2-13(21)10-15/h1-10H,11H2,(H2,22,24)(H,23,25). The van der Waals surface area contributed by atoms with Crippen LogP contribution < -0.4 is 15.8 Å². The highest BCUT2D eigenvalue weighted by molar-refractivity contribution is 14.1. The van der Waals surface area contributed by atoms with Gasteiger partial charge in [-0.2, -0.15) is 4.39 Å². The summed E-state index contributed by atoms with van der Waals surface area (Å²) >= 11 is 2.22. The van der Waals surface area contributed by atoms with Crippen LogP contribution in [0.5, 0.6) is 11.5 Å². The van der Waals surface area contributed by atoms with E-state index in [1.54, 1.807) is 0 Å². The van der Waals surface area contributed by atoms with Crippen LogP contribution in [0.4, 0.5) is 10.2 Å². The van der Waals surface area contributed by atoms with Crippen molar-refractivity contribution in [2.45, 2.75) is 6.54 Å². The lowest BCUT2D eigenvalue weighted by molar-refractivity contribution is 0.0951. The van der Waals surface area contributed by atoms with Crippen molar-refractivity contribution in [1.82, 2.24) is 10.3 Å². The number of hydrogen-bond acceptors (Lipinski definition) is 4. The number of anilines is 1. The van der Waals surface area contributed by atoms with Crippen molar-refractivity contribution >= 4 is 34.3 Å². The zero-order valence-electron chi connectivity index (χ0n) is 13.6. The summed E-state index contributed by atoms with van der Waals surface area (Å²) in [6.07, 6.45) is 0. The van der Waals surface area contributed by atoms with E-state index in [0.717, 1.165) is 20.9 Å². The van der Waals surface area contributed by atoms with E-state index in [1.807, 2.05) is 48.5 Å². The number of pyridine rings is 1. The molecule has 0 unspecified atom stereocenters. The number of rotatable bonds is 5. The molecule has 0 bridgehead atoms. The molecule has 3 rings (SSSR count). The molecule has 0 saturated heterocycles. The number of halogens is 2. The number of nitrogen functional groups attached to an aromatic ring is 1. The van der Waals surface area contributed by atoms with Gasteiger partial charge in [0, 0.05) is 10.1 Å². The van der Waals surface area contributed by atoms with Crippen molar-refractivity contribution in [3.05, 3.63) is 81.3 Å². The second kappa shape index (κ2) is 8.13. The first-order valence-electron chi connectivity index (χ1n) is 7.74. The molecule has 0 radical (unpaired) electrons. The maximum Gasteiger partial charge on any atom is 0.255 e. The van der Waals surface area contributed by atoms with Gasteiger partial charge >= 0.3 is 0 Å². The first kappa shape index (κ1) is 18.1. The molecule has 1 amide bonds. The molecular formula is C19H15FIN3O2. The number of benzene rings is 2. The topological polar surface area (TPSA) is 77.2 Å². The Bertz CT molecular complexity index is 932. The summed E-state index contributed by atoms with van der Waals surface area (Å²) in [4.78, 5) is 15.6. The Labute approximate surface area is 163 Å². The minimum Gasteiger partial charge on any atom is -0.457 e. The lowest BCUT2D eigenvalue weighted by Gasteiger charge is -2.09. The highest BCUT2D eigenvalue weighted by Crippen LogP contribution is 2.23. The summed E-state index contributed by atoms with van der Waals surface area (Å²) in [5.41, 5.74) is 6.60. The number of carbonyl (C=O) groups excluding carboxylic acids is 1. The number of nitrogens with zero attached hydrogens (tertiary/aromatic N) is 1. The van der Waals surface area contributed by atoms with Gasteiger partial charge in [-0.25, -0.2) is 4.98 Å². The predicted molar refractivity (Wildman–Crippen MR) is 105 cm³/mol. The Hall–Kier alpha value is -2.68. The fourth-order valence-corrected chi connectivity index (χ4v) is 2.78. The lowest BCUT2D eigenvalue weighted by atomic mass is 10.2. The maximum atomic E-state index is 12.9. The Kier molecular flexibility index (Phi) is 5.67. The summed E-state index contributed by atoms with van der Waals surface area (Å²) < 4.78 is 19.8. The van der Waals surface area contributed by atoms with Gasteiger partial charge in [-0.05, 0) is 70.6 Å². The van der Waals surface area contributed by atoms with Crippen molar-refractivity contribution in [2.24, 2.45) is 0 Å². The molecule has 5 nitrogen and oxygen atoms in total. The summed E-state index contributed by atoms with van der Waals surface area (Å²) in [6, 6.07) is 17.5. The fourth-order valence-electron chi connectivity index (χ4n) is 2.26. The van der Waals surface area contributed by atoms with E-state index in [9.17, 15) is 9.18 Å². The predicted octanol–water partition coefficient (Wildman–Crippen LogP) is 4.13. The monoisotopic (exact) mass is 463 g/mol. The SMILES string of the molecule is Nc1nc(F)ccc1C(=O)NCc1ccc(Oc2cccc(I)c2)cc1. The number of ether oxygens (including phenoxy) is 1. The summed E-state index contributed by atoms with van der Waals surface area (Å²) in [5, 5.41) is 2.73. The molecule has 0 fully saturated rings. The van der Waals surface area contributed by atoms with Crippen LogP contribution in [0.15, 0.2) is 60.7 Å². The highest BCUT2D eigenvalue weighted by atomic mass is 127. The van der Waals surface area contributed by atoms with Gasteiger partial charge in [0.2, 0.25) is 5.95 Å². The molecule has 2 aromatic carbocycles. The van der Waals surface area contributed by atoms with E-state index in [0.29, 0.717) is 12.3 Å². The molecule has 1 heterocycles. The van der Waals surface area contributed by atoms with Crippen molar-refractivity contribution in [3.8, 4) is 11.5 Å². The van der Waals surface area contributed by atoms with Crippen molar-refractivity contribution in [2.75, 3.05) is 5.73 Å². The summed E-state index contributed by atoms with van der Waals surface area (Å²) in [6.45, 7) is 0.305. The first-order chi connectivity index (χ1) is 12.5. The van der Waals surface area contributed by atoms with Crippen LogP contribution in [0.3, 0.4) is 0 Å². The Morgan fingerprint density at radius 2 is 1.88 bits per heavy atom. The van der Waals surface area contributed by atoms with Crippen LogP contribution in [0.25, 0.3) is 0 Å². The number of aromatic nitrogens is 1. The number of nitrogens with one attached hydrogen (secondary N) is 1. The lowest BCUT2D eigenvalue weighted by Crippen LogP contribution is -2.24. The number of carbonyl (C=O) groups is 1. The molecule has 1 aromatic heterocycles. The van der Waals surface area contributed by atoms with Crippen LogP contribution in [0.2, 0.25) is 0 Å². The first-order valence-corrected chi connectivity index (χ1v) is 8.82. The summed E-state index contributed by atoms with van der Waals surface area (Å²) in [5.74, 6) is 0.201. The Morgan fingerprint density at radius 1 is 1.12 bits per heavy atom. The van der Waals surface area contributed by atoms with E-state index in [1.165, 1.54) is 6.07 Å². The van der Waals surface area contributed by atoms with E-state index in [-0.39, 0.29) is 11.4 Å². The summed E-state index contributed by atoms with van der Waals surface area (Å²) in [7, 11) is 0. The van der Waals surface area contributed by atoms with Crippen molar-refractivity contribution in [1.29, 1.82) is 0 Å². The van der Waals surface area contributed by atoms with Crippen LogP contribution in [-0.4, -0.2) is 10.9 Å². The van der Waals surface area contributed by atoms with Crippen LogP contribution in [0.1, 0.15) is 15.9 Å². The Balaban J connectivity index is 1.60. The van der Waals surface area contributed by atoms with Gasteiger partial charge in [0.1, 0.15) is 17.3 Å². The molecule has 0 saturated carbocycles. The molecule has 0 spiro atoms. The third kappa shape index (κ3) is 4.69. The molecule has 132 valence electrons. The molecule has 3 N–H and O–H groups in total. The molecule has 0 atom stereocenters. The third-order valence-electron chi connectivity index (χ3n) is 3.54. The molecule has 7 heteroatoms. The maximum absolute atomic E-state index is 12.9. The van der Waals surface area contributed by atoms with Gasteiger partial charge in [-0.1, -0.05) is 18.2 Å². The molecule has 0 aliphatic heterocycles. The Morgan fingerprint density at radius 3 is 2.58 bits per heavy atom. The fraction of sp³-hybridized carbons (Fsp3) is 0.0526. The third-order valence-corrected chi connectivity index (χ3v) is 4.21. The van der Waals surface area contributed by atoms with Gasteiger partial charge < -0.3 is 15.8 Å². The normalized spacial score (nSPS) is 10.4. The molecule has 26 heavy (non-hydrogen) atoms. The van der Waals surface area contributed by atoms with Crippen LogP contribution in [-0.2, 0) is 6.54 Å². The van der Waals surface area contributed by atoms with Gasteiger partial charge in [0.05, 0.1) is 5.56 Å². The largest absolute Gasteiger partial charge is 0.457 e. The van der Waals surface area contributed by atoms with Crippen molar-refractivity contribution in [3.63, 3.8) is 0 Å². The number of nitrogens with two attached hydrogens (primary N) is 1. The van der Waals surface area contributed by atoms with E-state index >= 15 is 0 Å². The smallest absolute Gasteiger partial charge is 0.255 e. The van der Waals surface area contributed by atoms with Crippen LogP contribution in [0, 0.1) is 9.52 Å². The second-order valence-corrected chi connectivity index (χ2v) is 6.70. The minimum absolute atomic E-state index is 0.135. The van der Waals surface area contributed by atoms with E-state index in [4.69, 9.17) is 10.5 Å². The molecule has 3 aromatic rings. The molecule has 0 aliphatic rings. The van der Waals surface area contributed by atoms with E-state index < -0.39 is 11.9 Å². The second-order valence-electron chi connectivity index (χ2n) is 5.45. The van der Waals surface area contributed by atoms with E-state index in [2.05, 4.69) is 32.9 Å². The van der Waals surface area contributed by atoms with Gasteiger partial charge in [0.25, 0.3) is 5.91 Å². The molecule has 0 aliphatic carbocycles. The minimum atomic E-state index is -0.720. The van der Waals surface area contributed by atoms with Gasteiger partial charge in [0.15, 0.2) is 0 Å². The number of hydrogen-bond donors (Lipinski definition) is 2. The van der Waals surface area contributed by atoms with Crippen molar-refractivity contribution < 1.29 is 13.9 Å². The number of amides is 1. The average molecular weight is 463 g/mol. The zero-order valence-corrected chi connectivity index (χ0v) is 15.7. The van der Waals surface area contributed by atoms with Crippen LogP contribution >= 0.6 is 22.6 Å². The van der Waals surface area contributed by atoms with Gasteiger partial charge in [-0.3, -0.25) is 4.79 Å². The zero-order chi connectivity index (χ0) is 18.5. The average Bonchev–Trinajstić information content (AvgIpc) is 2.61. The van der Waals surface area contributed by atoms with Gasteiger partial charge in [-0.15, -0.1) is 0 Å². The highest BCUT2D eigenvalue weighted by Gasteiger charge is 2.11. The molecular weight excluding hydrogens is 448 g/mol. The quantitative estimate of drug-likeness (QED) is 0.441.